The summed E-state index contributed by atoms with van der Waals surface area (Å²) in [6.07, 6.45) is 3.67. The molecule has 1 saturated carbocycles. The highest BCUT2D eigenvalue weighted by Crippen LogP contribution is 2.30. The van der Waals surface area contributed by atoms with Crippen LogP contribution in [0.1, 0.15) is 29.0 Å². The largest absolute Gasteiger partial charge is 0.467 e. The van der Waals surface area contributed by atoms with E-state index in [1.807, 2.05) is 17.0 Å². The molecule has 0 aliphatic heterocycles. The van der Waals surface area contributed by atoms with Gasteiger partial charge in [-0.3, -0.25) is 4.79 Å². The van der Waals surface area contributed by atoms with Gasteiger partial charge in [0.15, 0.2) is 0 Å². The molecule has 5 heteroatoms. The predicted octanol–water partition coefficient (Wildman–Crippen LogP) is 5.02. The van der Waals surface area contributed by atoms with Crippen LogP contribution in [0.5, 0.6) is 11.5 Å². The minimum atomic E-state index is -0.310. The minimum absolute atomic E-state index is 0.0165. The van der Waals surface area contributed by atoms with Crippen molar-refractivity contribution in [2.24, 2.45) is 0 Å². The summed E-state index contributed by atoms with van der Waals surface area (Å²) >= 11 is 0. The fourth-order valence-corrected chi connectivity index (χ4v) is 2.79. The molecular formula is C21H18FNO3. The van der Waals surface area contributed by atoms with E-state index < -0.39 is 0 Å². The summed E-state index contributed by atoms with van der Waals surface area (Å²) < 4.78 is 24.0. The third-order valence-corrected chi connectivity index (χ3v) is 4.31. The number of furan rings is 1. The molecule has 132 valence electrons. The lowest BCUT2D eigenvalue weighted by Gasteiger charge is -2.21. The Kier molecular flexibility index (Phi) is 4.44. The summed E-state index contributed by atoms with van der Waals surface area (Å²) in [5, 5.41) is 0. The van der Waals surface area contributed by atoms with Crippen LogP contribution in [-0.2, 0) is 6.54 Å². The summed E-state index contributed by atoms with van der Waals surface area (Å²) in [6, 6.07) is 16.8. The van der Waals surface area contributed by atoms with Crippen molar-refractivity contribution in [1.82, 2.24) is 4.90 Å². The Bertz CT molecular complexity index is 869. The van der Waals surface area contributed by atoms with Crippen LogP contribution >= 0.6 is 0 Å². The van der Waals surface area contributed by atoms with Crippen molar-refractivity contribution in [3.63, 3.8) is 0 Å². The molecule has 0 radical (unpaired) electrons. The molecule has 4 nitrogen and oxygen atoms in total. The van der Waals surface area contributed by atoms with Crippen molar-refractivity contribution in [3.05, 3.63) is 84.1 Å². The van der Waals surface area contributed by atoms with E-state index in [1.54, 1.807) is 42.7 Å². The smallest absolute Gasteiger partial charge is 0.254 e. The molecule has 0 saturated heterocycles. The second kappa shape index (κ2) is 7.04. The monoisotopic (exact) mass is 351 g/mol. The molecule has 1 heterocycles. The van der Waals surface area contributed by atoms with E-state index in [2.05, 4.69) is 0 Å². The lowest BCUT2D eigenvalue weighted by Crippen LogP contribution is -2.32. The number of hydrogen-bond acceptors (Lipinski definition) is 3. The van der Waals surface area contributed by atoms with Crippen LogP contribution in [0.15, 0.2) is 71.3 Å². The van der Waals surface area contributed by atoms with E-state index in [4.69, 9.17) is 9.15 Å². The fraction of sp³-hybridized carbons (Fsp3) is 0.190. The van der Waals surface area contributed by atoms with Crippen molar-refractivity contribution < 1.29 is 18.3 Å². The highest BCUT2D eigenvalue weighted by atomic mass is 19.1. The average Bonchev–Trinajstić information content (AvgIpc) is 3.37. The molecule has 0 unspecified atom stereocenters. The van der Waals surface area contributed by atoms with E-state index in [9.17, 15) is 9.18 Å². The topological polar surface area (TPSA) is 42.7 Å². The van der Waals surface area contributed by atoms with Crippen LogP contribution < -0.4 is 4.74 Å². The maximum atomic E-state index is 12.9. The number of halogens is 1. The maximum Gasteiger partial charge on any atom is 0.254 e. The molecule has 1 fully saturated rings. The van der Waals surface area contributed by atoms with Gasteiger partial charge in [-0.15, -0.1) is 0 Å². The molecule has 0 N–H and O–H groups in total. The number of rotatable bonds is 6. The number of amides is 1. The first kappa shape index (κ1) is 16.4. The van der Waals surface area contributed by atoms with Crippen LogP contribution in [0, 0.1) is 5.82 Å². The summed E-state index contributed by atoms with van der Waals surface area (Å²) in [5.74, 6) is 1.59. The fourth-order valence-electron chi connectivity index (χ4n) is 2.79. The number of benzene rings is 2. The average molecular weight is 351 g/mol. The van der Waals surface area contributed by atoms with Crippen molar-refractivity contribution in [2.75, 3.05) is 0 Å². The van der Waals surface area contributed by atoms with Gasteiger partial charge < -0.3 is 14.1 Å². The first-order valence-electron chi connectivity index (χ1n) is 8.56. The Morgan fingerprint density at radius 2 is 1.69 bits per heavy atom. The molecular weight excluding hydrogens is 333 g/mol. The SMILES string of the molecule is O=C(c1ccc(Oc2ccc(F)cc2)cc1)N(Cc1ccco1)C1CC1. The van der Waals surface area contributed by atoms with E-state index in [0.717, 1.165) is 18.6 Å². The first-order valence-corrected chi connectivity index (χ1v) is 8.56. The lowest BCUT2D eigenvalue weighted by atomic mass is 10.2. The van der Waals surface area contributed by atoms with Gasteiger partial charge >= 0.3 is 0 Å². The van der Waals surface area contributed by atoms with Crippen LogP contribution in [0.3, 0.4) is 0 Å². The third kappa shape index (κ3) is 3.77. The lowest BCUT2D eigenvalue weighted by molar-refractivity contribution is 0.0717. The highest BCUT2D eigenvalue weighted by Gasteiger charge is 2.33. The van der Waals surface area contributed by atoms with Gasteiger partial charge in [0.25, 0.3) is 5.91 Å². The Hall–Kier alpha value is -3.08. The zero-order chi connectivity index (χ0) is 17.9. The van der Waals surface area contributed by atoms with Gasteiger partial charge in [-0.25, -0.2) is 4.39 Å². The summed E-state index contributed by atoms with van der Waals surface area (Å²) in [7, 11) is 0. The van der Waals surface area contributed by atoms with Crippen LogP contribution in [0.4, 0.5) is 4.39 Å². The number of nitrogens with zero attached hydrogens (tertiary/aromatic N) is 1. The molecule has 4 rings (SSSR count). The van der Waals surface area contributed by atoms with Gasteiger partial charge in [0.2, 0.25) is 0 Å². The maximum absolute atomic E-state index is 12.9. The van der Waals surface area contributed by atoms with E-state index in [0.29, 0.717) is 23.6 Å². The summed E-state index contributed by atoms with van der Waals surface area (Å²) in [6.45, 7) is 0.477. The molecule has 1 aromatic heterocycles. The van der Waals surface area contributed by atoms with Crippen LogP contribution in [0.25, 0.3) is 0 Å². The third-order valence-electron chi connectivity index (χ3n) is 4.31. The van der Waals surface area contributed by atoms with Gasteiger partial charge in [-0.2, -0.15) is 0 Å². The normalized spacial score (nSPS) is 13.4. The van der Waals surface area contributed by atoms with E-state index >= 15 is 0 Å². The summed E-state index contributed by atoms with van der Waals surface area (Å²) in [4.78, 5) is 14.7. The van der Waals surface area contributed by atoms with Gasteiger partial charge in [0.05, 0.1) is 12.8 Å². The second-order valence-electron chi connectivity index (χ2n) is 6.32. The highest BCUT2D eigenvalue weighted by molar-refractivity contribution is 5.94. The molecule has 1 amide bonds. The standard InChI is InChI=1S/C21H18FNO3/c22-16-5-11-19(12-6-16)26-18-9-3-15(4-10-18)21(24)23(17-7-8-17)14-20-2-1-13-25-20/h1-6,9-13,17H,7-8,14H2. The molecule has 2 aromatic carbocycles. The second-order valence-corrected chi connectivity index (χ2v) is 6.32. The minimum Gasteiger partial charge on any atom is -0.467 e. The Morgan fingerprint density at radius 3 is 2.27 bits per heavy atom. The van der Waals surface area contributed by atoms with Gasteiger partial charge in [-0.1, -0.05) is 0 Å². The zero-order valence-corrected chi connectivity index (χ0v) is 14.1. The van der Waals surface area contributed by atoms with Crippen LogP contribution in [0.2, 0.25) is 0 Å². The zero-order valence-electron chi connectivity index (χ0n) is 14.1. The van der Waals surface area contributed by atoms with Crippen LogP contribution in [-0.4, -0.2) is 16.8 Å². The van der Waals surface area contributed by atoms with Crippen molar-refractivity contribution >= 4 is 5.91 Å². The molecule has 26 heavy (non-hydrogen) atoms. The molecule has 1 aliphatic rings. The number of carbonyl (C=O) groups is 1. The molecule has 0 atom stereocenters. The Balaban J connectivity index is 1.46. The van der Waals surface area contributed by atoms with Gasteiger partial charge in [0, 0.05) is 11.6 Å². The van der Waals surface area contributed by atoms with E-state index in [-0.39, 0.29) is 17.8 Å². The van der Waals surface area contributed by atoms with Crippen molar-refractivity contribution in [1.29, 1.82) is 0 Å². The van der Waals surface area contributed by atoms with Crippen molar-refractivity contribution in [2.45, 2.75) is 25.4 Å². The van der Waals surface area contributed by atoms with Crippen molar-refractivity contribution in [3.8, 4) is 11.5 Å². The number of hydrogen-bond donors (Lipinski definition) is 0. The number of carbonyl (C=O) groups excluding carboxylic acids is 1. The predicted molar refractivity (Wildman–Crippen MR) is 94.5 cm³/mol. The Labute approximate surface area is 150 Å². The molecule has 1 aliphatic carbocycles. The van der Waals surface area contributed by atoms with E-state index in [1.165, 1.54) is 12.1 Å². The van der Waals surface area contributed by atoms with Gasteiger partial charge in [-0.05, 0) is 73.5 Å². The molecule has 0 bridgehead atoms. The molecule has 0 spiro atoms. The Morgan fingerprint density at radius 1 is 1.04 bits per heavy atom. The first-order chi connectivity index (χ1) is 12.7. The quantitative estimate of drug-likeness (QED) is 0.626. The summed E-state index contributed by atoms with van der Waals surface area (Å²) in [5.41, 5.74) is 0.606. The number of ether oxygens (including phenoxy) is 1. The molecule has 3 aromatic rings. The van der Waals surface area contributed by atoms with Gasteiger partial charge in [0.1, 0.15) is 23.1 Å².